The molecular weight excluding hydrogens is 1940 g/mol. The van der Waals surface area contributed by atoms with Crippen molar-refractivity contribution in [3.63, 3.8) is 0 Å². The average Bonchev–Trinajstić information content (AvgIpc) is 1.61. The number of fused-ring (bicyclic) bond motifs is 2. The van der Waals surface area contributed by atoms with E-state index in [9.17, 15) is 85.1 Å². The Kier molecular flexibility index (Phi) is 32.9. The monoisotopic (exact) mass is 2080 g/mol. The van der Waals surface area contributed by atoms with Crippen LogP contribution in [0.4, 0.5) is 49.6 Å². The van der Waals surface area contributed by atoms with Gasteiger partial charge in [-0.1, -0.05) is 6.92 Å². The van der Waals surface area contributed by atoms with Crippen molar-refractivity contribution in [1.82, 2.24) is 80.7 Å². The third-order valence-corrected chi connectivity index (χ3v) is 31.6. The van der Waals surface area contributed by atoms with Gasteiger partial charge in [0.1, 0.15) is 46.0 Å². The third-order valence-electron chi connectivity index (χ3n) is 27.3. The van der Waals surface area contributed by atoms with Gasteiger partial charge in [0.15, 0.2) is 20.0 Å². The molecule has 8 aliphatic rings. The van der Waals surface area contributed by atoms with Gasteiger partial charge in [0.05, 0.1) is 61.5 Å². The van der Waals surface area contributed by atoms with E-state index in [2.05, 4.69) is 131 Å². The number of aliphatic hydroxyl groups is 4. The number of halogens is 6. The molecule has 8 aromatic heterocycles. The van der Waals surface area contributed by atoms with E-state index in [1.165, 1.54) is 43.4 Å². The van der Waals surface area contributed by atoms with Gasteiger partial charge in [-0.15, -0.1) is 45.3 Å². The van der Waals surface area contributed by atoms with Gasteiger partial charge in [0, 0.05) is 145 Å². The third kappa shape index (κ3) is 27.7. The molecule has 32 nitrogen and oxygen atoms in total. The maximum Gasteiger partial charge on any atom is 0.280 e. The molecule has 0 spiro atoms. The topological polar surface area (TPSA) is 430 Å². The Bertz CT molecular complexity index is 5900. The summed E-state index contributed by atoms with van der Waals surface area (Å²) < 4.78 is 84.4. The maximum atomic E-state index is 14.1. The van der Waals surface area contributed by atoms with Crippen molar-refractivity contribution in [2.75, 3.05) is 67.1 Å². The lowest BCUT2D eigenvalue weighted by atomic mass is 9.78. The van der Waals surface area contributed by atoms with E-state index in [0.717, 1.165) is 127 Å². The molecule has 5 saturated heterocycles. The quantitative estimate of drug-likeness (QED) is 0.0180. The molecule has 3 saturated carbocycles. The lowest BCUT2D eigenvalue weighted by Crippen LogP contribution is -2.41. The van der Waals surface area contributed by atoms with Crippen molar-refractivity contribution >= 4 is 116 Å². The van der Waals surface area contributed by atoms with Crippen LogP contribution in [0.3, 0.4) is 0 Å². The lowest BCUT2D eigenvalue weighted by molar-refractivity contribution is 0.0115. The molecule has 3 aliphatic carbocycles. The molecular formula is C102H138F6N20O12S4. The first-order valence-corrected chi connectivity index (χ1v) is 52.6. The number of aromatic nitrogens is 8. The summed E-state index contributed by atoms with van der Waals surface area (Å²) in [6, 6.07) is 6.46. The van der Waals surface area contributed by atoms with Crippen molar-refractivity contribution in [2.24, 2.45) is 11.8 Å². The van der Waals surface area contributed by atoms with E-state index in [1.54, 1.807) is 101 Å². The van der Waals surface area contributed by atoms with Crippen molar-refractivity contribution in [3.05, 3.63) is 114 Å². The molecule has 0 radical (unpaired) electrons. The minimum atomic E-state index is -2.97. The first-order chi connectivity index (χ1) is 66.9. The molecule has 16 rings (SSSR count). The fourth-order valence-corrected chi connectivity index (χ4v) is 22.7. The molecule has 784 valence electrons. The lowest BCUT2D eigenvalue weighted by Gasteiger charge is -2.39. The fourth-order valence-electron chi connectivity index (χ4n) is 18.5. The second-order valence-corrected chi connectivity index (χ2v) is 48.2. The zero-order valence-electron chi connectivity index (χ0n) is 86.1. The molecule has 4 atom stereocenters. The van der Waals surface area contributed by atoms with Crippen LogP contribution in [0.15, 0.2) is 49.1 Å². The number of likely N-dealkylation sites (tertiary alicyclic amines) is 3. The van der Waals surface area contributed by atoms with E-state index in [1.807, 2.05) is 56.9 Å². The van der Waals surface area contributed by atoms with Crippen molar-refractivity contribution < 1.29 is 85.1 Å². The highest BCUT2D eigenvalue weighted by atomic mass is 32.1. The van der Waals surface area contributed by atoms with Gasteiger partial charge in [0.25, 0.3) is 65.0 Å². The van der Waals surface area contributed by atoms with E-state index in [-0.39, 0.29) is 97.9 Å². The van der Waals surface area contributed by atoms with Gasteiger partial charge >= 0.3 is 0 Å². The van der Waals surface area contributed by atoms with Crippen LogP contribution in [0.1, 0.15) is 324 Å². The summed E-state index contributed by atoms with van der Waals surface area (Å²) >= 11 is 4.23. The Morgan fingerprint density at radius 2 is 0.681 bits per heavy atom. The molecule has 144 heavy (non-hydrogen) atoms. The van der Waals surface area contributed by atoms with Crippen LogP contribution in [0.25, 0.3) is 41.8 Å². The zero-order valence-corrected chi connectivity index (χ0v) is 89.4. The number of aryl methyl sites for hydroxylation is 4. The van der Waals surface area contributed by atoms with Gasteiger partial charge in [-0.25, -0.2) is 66.2 Å². The van der Waals surface area contributed by atoms with E-state index in [4.69, 9.17) is 0 Å². The number of anilines is 4. The Labute approximate surface area is 853 Å². The van der Waals surface area contributed by atoms with Crippen molar-refractivity contribution in [3.8, 4) is 41.8 Å². The van der Waals surface area contributed by atoms with Crippen molar-refractivity contribution in [1.29, 1.82) is 0 Å². The predicted octanol–water partition coefficient (Wildman–Crippen LogP) is 17.2. The summed E-state index contributed by atoms with van der Waals surface area (Å²) in [4.78, 5) is 148. The molecule has 12 N–H and O–H groups in total. The summed E-state index contributed by atoms with van der Waals surface area (Å²) in [5.41, 5.74) is 1.57. The van der Waals surface area contributed by atoms with Crippen LogP contribution in [0, 0.1) is 39.5 Å². The minimum absolute atomic E-state index is 0.00936. The molecule has 2 bridgehead atoms. The van der Waals surface area contributed by atoms with E-state index in [0.29, 0.717) is 77.2 Å². The van der Waals surface area contributed by atoms with Crippen LogP contribution in [0.5, 0.6) is 0 Å². The van der Waals surface area contributed by atoms with Gasteiger partial charge in [-0.05, 0) is 281 Å². The van der Waals surface area contributed by atoms with Crippen LogP contribution in [-0.2, 0) is 0 Å². The summed E-state index contributed by atoms with van der Waals surface area (Å²) in [5, 5.41) is 64.5. The minimum Gasteiger partial charge on any atom is -0.389 e. The Hall–Kier alpha value is -10.5. The number of carbonyl (C=O) groups is 8. The van der Waals surface area contributed by atoms with Crippen molar-refractivity contribution in [2.45, 2.75) is 342 Å². The molecule has 8 fully saturated rings. The SMILES string of the molecule is CC[C@@H](C)Nc1cc(C)c(-c2sc(C(=O)NCC(C)(C)O)nc2C(=O)N2C3CCC2CC3)cn1.Cc1cc(NC(C)(C)C2CC2)ncc1-c1sc(C(=O)NCC(C)(C)O)nc1C(=O)N1CC(F)(F)C[C@@H]1C.Cc1cc(NC(C)(C)C2CC2)ncc1-c1sc(C(=O)NCC(C)(C)O)nc1C(=O)N1CC(F)(F)C[C@@H]1C.Cc1cc(NC2(C)CCC2)ncc1-c1sc(C(=O)NCC(C)(C)O)nc1C(=O)N1CC(F)(F)C[C@@H]1C. The summed E-state index contributed by atoms with van der Waals surface area (Å²) in [6.07, 6.45) is 18.5. The van der Waals surface area contributed by atoms with Gasteiger partial charge < -0.3 is 82.6 Å². The first kappa shape index (κ1) is 111. The average molecular weight is 2080 g/mol. The number of thiazole rings is 4. The molecule has 42 heteroatoms. The number of nitrogens with one attached hydrogen (secondary N) is 8. The van der Waals surface area contributed by atoms with Gasteiger partial charge in [-0.2, -0.15) is 0 Å². The summed E-state index contributed by atoms with van der Waals surface area (Å²) in [6.45, 7) is 37.8. The second kappa shape index (κ2) is 42.8. The van der Waals surface area contributed by atoms with Crippen LogP contribution in [0.2, 0.25) is 0 Å². The standard InChI is InChI=1S/2C26H35F2N5O3S.C25H33F2N5O3S.C25H35N5O3S/c2*1-14-9-18(32-25(5,6)16-7-8-16)29-11-17(14)20-19(23(35)33-13-26(27,28)10-15(33)2)31-22(37-20)21(34)30-12-24(3,4)36;1-14-9-17(31-24(5)7-6-8-24)28-11-16(14)19-18(22(34)32-13-25(26,27)10-15(32)2)30-21(36-19)20(33)29-12-23(3,4)35;1-6-15(3)28-19-11-14(2)18(12-26-19)21-20(24(32)30-16-7-8-17(30)10-9-16)29-23(34-21)22(31)27-13-25(4,5)33/h2*9,11,15-16,36H,7-8,10,12-13H2,1-6H3,(H,29,32)(H,30,34);9,11,15,35H,6-8,10,12-13H2,1-5H3,(H,28,31)(H,29,33);11-12,15-17,33H,6-10,13H2,1-5H3,(H,26,28)(H,27,31)/t3*15-;15-,16?,17?/m0001/s1. The van der Waals surface area contributed by atoms with Gasteiger partial charge in [-0.3, -0.25) is 38.4 Å². The largest absolute Gasteiger partial charge is 0.389 e. The number of amides is 8. The highest BCUT2D eigenvalue weighted by molar-refractivity contribution is 7.18. The summed E-state index contributed by atoms with van der Waals surface area (Å²) in [7, 11) is 0. The Morgan fingerprint density at radius 3 is 0.924 bits per heavy atom. The fraction of sp³-hybridized carbons (Fsp3) is 0.608. The Balaban J connectivity index is 0.000000161. The first-order valence-electron chi connectivity index (χ1n) is 49.3. The number of alkyl halides is 6. The molecule has 5 aliphatic heterocycles. The molecule has 8 amide bonds. The predicted molar refractivity (Wildman–Crippen MR) is 547 cm³/mol. The number of carbonyl (C=O) groups excluding carboxylic acids is 8. The number of pyridine rings is 4. The maximum absolute atomic E-state index is 14.1. The molecule has 0 aromatic carbocycles. The van der Waals surface area contributed by atoms with Gasteiger partial charge in [0.2, 0.25) is 0 Å². The van der Waals surface area contributed by atoms with Crippen LogP contribution in [-0.4, -0.2) is 266 Å². The summed E-state index contributed by atoms with van der Waals surface area (Å²) in [5.74, 6) is -8.92. The van der Waals surface area contributed by atoms with E-state index >= 15 is 0 Å². The van der Waals surface area contributed by atoms with Crippen LogP contribution >= 0.6 is 45.3 Å². The van der Waals surface area contributed by atoms with Crippen LogP contribution < -0.4 is 42.5 Å². The molecule has 8 aromatic rings. The van der Waals surface area contributed by atoms with E-state index < -0.39 is 139 Å². The molecule has 13 heterocycles. The number of rotatable bonds is 31. The smallest absolute Gasteiger partial charge is 0.280 e. The second-order valence-electron chi connectivity index (χ2n) is 44.2. The highest BCUT2D eigenvalue weighted by Crippen LogP contribution is 2.48. The number of hydrogen-bond donors (Lipinski definition) is 12. The zero-order chi connectivity index (χ0) is 106. The number of nitrogens with zero attached hydrogens (tertiary/aromatic N) is 12. The molecule has 0 unspecified atom stereocenters. The highest BCUT2D eigenvalue weighted by Gasteiger charge is 2.51. The normalized spacial score (nSPS) is 20.1. The number of hydrogen-bond acceptors (Lipinski definition) is 28. The Morgan fingerprint density at radius 1 is 0.417 bits per heavy atom.